The molecule has 0 unspecified atom stereocenters. The van der Waals surface area contributed by atoms with Crippen LogP contribution in [0.2, 0.25) is 0 Å². The second-order valence-corrected chi connectivity index (χ2v) is 10.3. The topological polar surface area (TPSA) is 57.6 Å². The lowest BCUT2D eigenvalue weighted by Gasteiger charge is -2.32. The van der Waals surface area contributed by atoms with Gasteiger partial charge in [0.25, 0.3) is 0 Å². The minimum atomic E-state index is -0.432. The van der Waals surface area contributed by atoms with Gasteiger partial charge in [0.2, 0.25) is 5.89 Å². The Kier molecular flexibility index (Phi) is 4.13. The van der Waals surface area contributed by atoms with Gasteiger partial charge < -0.3 is 18.1 Å². The number of benzene rings is 4. The molecule has 172 valence electrons. The molecule has 0 spiro atoms. The Bertz CT molecular complexity index is 1760. The highest BCUT2D eigenvalue weighted by atomic mass is 16.7. The van der Waals surface area contributed by atoms with E-state index in [0.29, 0.717) is 5.89 Å². The molecule has 35 heavy (non-hydrogen) atoms. The van der Waals surface area contributed by atoms with E-state index < -0.39 is 18.3 Å². The molecule has 0 radical (unpaired) electrons. The maximum absolute atomic E-state index is 6.26. The molecule has 6 aromatic rings. The third-order valence-electron chi connectivity index (χ3n) is 7.55. The van der Waals surface area contributed by atoms with Crippen molar-refractivity contribution in [2.45, 2.75) is 38.9 Å². The van der Waals surface area contributed by atoms with Crippen LogP contribution in [-0.4, -0.2) is 23.3 Å². The van der Waals surface area contributed by atoms with Crippen LogP contribution in [0.25, 0.3) is 55.3 Å². The van der Waals surface area contributed by atoms with Crippen molar-refractivity contribution in [3.05, 3.63) is 72.8 Å². The van der Waals surface area contributed by atoms with Gasteiger partial charge in [-0.05, 0) is 62.1 Å². The summed E-state index contributed by atoms with van der Waals surface area (Å²) in [4.78, 5) is 4.80. The zero-order valence-electron chi connectivity index (χ0n) is 20.1. The number of fused-ring (bicyclic) bond motifs is 5. The molecule has 0 atom stereocenters. The summed E-state index contributed by atoms with van der Waals surface area (Å²) in [5.74, 6) is 0.608. The van der Waals surface area contributed by atoms with Crippen LogP contribution < -0.4 is 5.46 Å². The molecular formula is C29H24BNO4. The number of hydrogen-bond acceptors (Lipinski definition) is 5. The number of furan rings is 1. The van der Waals surface area contributed by atoms with Crippen molar-refractivity contribution in [1.29, 1.82) is 0 Å². The van der Waals surface area contributed by atoms with Gasteiger partial charge in [0.1, 0.15) is 16.7 Å². The normalized spacial score (nSPS) is 17.3. The first kappa shape index (κ1) is 20.7. The van der Waals surface area contributed by atoms with Gasteiger partial charge in [0.15, 0.2) is 5.58 Å². The van der Waals surface area contributed by atoms with Crippen molar-refractivity contribution in [3.8, 4) is 11.5 Å². The van der Waals surface area contributed by atoms with E-state index in [1.54, 1.807) is 0 Å². The Morgan fingerprint density at radius 3 is 2.23 bits per heavy atom. The maximum Gasteiger partial charge on any atom is 0.494 e. The van der Waals surface area contributed by atoms with E-state index in [1.165, 1.54) is 0 Å². The molecule has 7 rings (SSSR count). The van der Waals surface area contributed by atoms with E-state index in [-0.39, 0.29) is 0 Å². The quantitative estimate of drug-likeness (QED) is 0.264. The summed E-state index contributed by atoms with van der Waals surface area (Å²) in [7, 11) is -0.432. The monoisotopic (exact) mass is 461 g/mol. The zero-order valence-corrected chi connectivity index (χ0v) is 20.1. The molecule has 1 fully saturated rings. The van der Waals surface area contributed by atoms with Gasteiger partial charge >= 0.3 is 7.12 Å². The maximum atomic E-state index is 6.26. The highest BCUT2D eigenvalue weighted by Gasteiger charge is 2.51. The number of hydrogen-bond donors (Lipinski definition) is 0. The standard InChI is InChI=1S/C29H24BNO4/c1-28(2)29(3,4)35-30(34-28)18-12-13-20-22-15-26-23(16-25(22)32-24(20)14-18)31-27(33-26)21-11-7-9-17-8-5-6-10-19(17)21/h5-16H,1-4H3. The fourth-order valence-corrected chi connectivity index (χ4v) is 4.87. The lowest BCUT2D eigenvalue weighted by Crippen LogP contribution is -2.41. The third-order valence-corrected chi connectivity index (χ3v) is 7.55. The summed E-state index contributed by atoms with van der Waals surface area (Å²) < 4.78 is 24.9. The minimum absolute atomic E-state index is 0.390. The predicted molar refractivity (Wildman–Crippen MR) is 140 cm³/mol. The molecule has 1 saturated heterocycles. The average Bonchev–Trinajstić information content (AvgIpc) is 3.47. The summed E-state index contributed by atoms with van der Waals surface area (Å²) in [6.07, 6.45) is 0. The molecule has 1 aliphatic rings. The third kappa shape index (κ3) is 3.07. The first-order valence-corrected chi connectivity index (χ1v) is 11.9. The van der Waals surface area contributed by atoms with Gasteiger partial charge in [-0.2, -0.15) is 0 Å². The van der Waals surface area contributed by atoms with Gasteiger partial charge in [0, 0.05) is 22.4 Å². The van der Waals surface area contributed by atoms with Gasteiger partial charge in [-0.25, -0.2) is 4.98 Å². The first-order valence-electron chi connectivity index (χ1n) is 11.9. The summed E-state index contributed by atoms with van der Waals surface area (Å²) >= 11 is 0. The molecule has 0 amide bonds. The largest absolute Gasteiger partial charge is 0.494 e. The van der Waals surface area contributed by atoms with E-state index in [1.807, 2.05) is 48.5 Å². The van der Waals surface area contributed by atoms with Crippen LogP contribution >= 0.6 is 0 Å². The Labute approximate surface area is 202 Å². The molecule has 0 N–H and O–H groups in total. The van der Waals surface area contributed by atoms with Gasteiger partial charge in [-0.15, -0.1) is 0 Å². The number of aromatic nitrogens is 1. The van der Waals surface area contributed by atoms with E-state index in [2.05, 4.69) is 52.0 Å². The fourth-order valence-electron chi connectivity index (χ4n) is 4.87. The Hall–Kier alpha value is -3.61. The lowest BCUT2D eigenvalue weighted by atomic mass is 9.79. The van der Waals surface area contributed by atoms with E-state index >= 15 is 0 Å². The van der Waals surface area contributed by atoms with Crippen LogP contribution in [0.3, 0.4) is 0 Å². The molecule has 6 heteroatoms. The zero-order chi connectivity index (χ0) is 23.9. The van der Waals surface area contributed by atoms with Crippen molar-refractivity contribution in [1.82, 2.24) is 4.98 Å². The van der Waals surface area contributed by atoms with Crippen molar-refractivity contribution < 1.29 is 18.1 Å². The summed E-state index contributed by atoms with van der Waals surface area (Å²) in [5.41, 5.74) is 4.20. The van der Waals surface area contributed by atoms with E-state index in [0.717, 1.165) is 54.8 Å². The fraction of sp³-hybridized carbons (Fsp3) is 0.207. The van der Waals surface area contributed by atoms with Crippen molar-refractivity contribution in [3.63, 3.8) is 0 Å². The van der Waals surface area contributed by atoms with Crippen LogP contribution in [-0.2, 0) is 9.31 Å². The smallest absolute Gasteiger partial charge is 0.456 e. The Balaban J connectivity index is 1.32. The van der Waals surface area contributed by atoms with Crippen LogP contribution in [0.1, 0.15) is 27.7 Å². The molecule has 2 aromatic heterocycles. The number of nitrogens with zero attached hydrogens (tertiary/aromatic N) is 1. The molecule has 0 saturated carbocycles. The number of oxazole rings is 1. The van der Waals surface area contributed by atoms with E-state index in [4.69, 9.17) is 23.1 Å². The van der Waals surface area contributed by atoms with Crippen LogP contribution in [0.4, 0.5) is 0 Å². The van der Waals surface area contributed by atoms with Gasteiger partial charge in [0.05, 0.1) is 11.2 Å². The van der Waals surface area contributed by atoms with Gasteiger partial charge in [-0.3, -0.25) is 0 Å². The SMILES string of the molecule is CC1(C)OB(c2ccc3c(c2)oc2cc4nc(-c5cccc6ccccc56)oc4cc23)OC1(C)C. The molecule has 0 aliphatic carbocycles. The Morgan fingerprint density at radius 1 is 0.657 bits per heavy atom. The summed E-state index contributed by atoms with van der Waals surface area (Å²) in [6, 6.07) is 24.5. The van der Waals surface area contributed by atoms with Gasteiger partial charge in [-0.1, -0.05) is 48.5 Å². The van der Waals surface area contributed by atoms with Crippen LogP contribution in [0.5, 0.6) is 0 Å². The molecule has 5 nitrogen and oxygen atoms in total. The highest BCUT2D eigenvalue weighted by molar-refractivity contribution is 6.62. The minimum Gasteiger partial charge on any atom is -0.456 e. The number of rotatable bonds is 2. The molecule has 1 aliphatic heterocycles. The Morgan fingerprint density at radius 2 is 1.40 bits per heavy atom. The first-order chi connectivity index (χ1) is 16.8. The van der Waals surface area contributed by atoms with Crippen LogP contribution in [0.15, 0.2) is 81.6 Å². The second kappa shape index (κ2) is 6.97. The van der Waals surface area contributed by atoms with Crippen molar-refractivity contribution in [2.75, 3.05) is 0 Å². The summed E-state index contributed by atoms with van der Waals surface area (Å²) in [5, 5.41) is 4.29. The molecular weight excluding hydrogens is 437 g/mol. The lowest BCUT2D eigenvalue weighted by molar-refractivity contribution is 0.00578. The van der Waals surface area contributed by atoms with Crippen molar-refractivity contribution in [2.24, 2.45) is 0 Å². The molecule has 4 aromatic carbocycles. The molecule has 3 heterocycles. The predicted octanol–water partition coefficient (Wildman–Crippen LogP) is 6.85. The van der Waals surface area contributed by atoms with Crippen LogP contribution in [0, 0.1) is 0 Å². The average molecular weight is 461 g/mol. The van der Waals surface area contributed by atoms with Crippen molar-refractivity contribution >= 4 is 56.4 Å². The second-order valence-electron chi connectivity index (χ2n) is 10.3. The molecule has 0 bridgehead atoms. The van der Waals surface area contributed by atoms with E-state index in [9.17, 15) is 0 Å². The summed E-state index contributed by atoms with van der Waals surface area (Å²) in [6.45, 7) is 8.23. The highest BCUT2D eigenvalue weighted by Crippen LogP contribution is 2.38.